The van der Waals surface area contributed by atoms with Crippen LogP contribution in [0.4, 0.5) is 5.82 Å². The van der Waals surface area contributed by atoms with Gasteiger partial charge in [0.15, 0.2) is 0 Å². The number of nitrogens with zero attached hydrogens (tertiary/aromatic N) is 3. The van der Waals surface area contributed by atoms with Crippen LogP contribution in [0.1, 0.15) is 62.1 Å². The molecule has 3 aromatic rings. The number of pyridine rings is 1. The number of hydrogen-bond donors (Lipinski definition) is 1. The van der Waals surface area contributed by atoms with Gasteiger partial charge in [-0.05, 0) is 48.7 Å². The van der Waals surface area contributed by atoms with Crippen molar-refractivity contribution in [2.75, 3.05) is 19.0 Å². The third-order valence-corrected chi connectivity index (χ3v) is 7.93. The molecule has 2 aromatic heterocycles. The lowest BCUT2D eigenvalue weighted by Gasteiger charge is -2.15. The summed E-state index contributed by atoms with van der Waals surface area (Å²) in [4.78, 5) is 33.7. The molecule has 0 saturated carbocycles. The van der Waals surface area contributed by atoms with Gasteiger partial charge in [0.25, 0.3) is 11.5 Å². The van der Waals surface area contributed by atoms with Gasteiger partial charge in [-0.3, -0.25) is 18.9 Å². The van der Waals surface area contributed by atoms with Crippen LogP contribution < -0.4 is 15.6 Å². The molecule has 0 aliphatic carbocycles. The number of methoxy groups -OCH3 is 1. The Kier molecular flexibility index (Phi) is 9.58. The van der Waals surface area contributed by atoms with E-state index in [1.807, 2.05) is 43.3 Å². The van der Waals surface area contributed by atoms with Crippen LogP contribution in [0.2, 0.25) is 0 Å². The number of aromatic nitrogens is 2. The second-order valence-electron chi connectivity index (χ2n) is 9.37. The Morgan fingerprint density at radius 1 is 1.08 bits per heavy atom. The zero-order chi connectivity index (χ0) is 27.1. The summed E-state index contributed by atoms with van der Waals surface area (Å²) in [7, 11) is 1.62. The van der Waals surface area contributed by atoms with Crippen LogP contribution in [0, 0.1) is 6.92 Å². The van der Waals surface area contributed by atoms with E-state index in [2.05, 4.69) is 12.2 Å². The molecule has 1 aliphatic rings. The van der Waals surface area contributed by atoms with Crippen LogP contribution in [-0.4, -0.2) is 38.2 Å². The molecule has 38 heavy (non-hydrogen) atoms. The highest BCUT2D eigenvalue weighted by molar-refractivity contribution is 8.26. The van der Waals surface area contributed by atoms with Crippen LogP contribution in [0.3, 0.4) is 0 Å². The molecule has 0 bridgehead atoms. The number of unbranched alkanes of at least 4 members (excludes halogenated alkanes) is 5. The van der Waals surface area contributed by atoms with Gasteiger partial charge in [-0.2, -0.15) is 0 Å². The Bertz CT molecular complexity index is 1400. The van der Waals surface area contributed by atoms with Crippen molar-refractivity contribution >= 4 is 51.7 Å². The highest BCUT2D eigenvalue weighted by atomic mass is 32.2. The number of aryl methyl sites for hydroxylation is 1. The summed E-state index contributed by atoms with van der Waals surface area (Å²) < 4.78 is 7.22. The number of thioether (sulfide) groups is 1. The van der Waals surface area contributed by atoms with Crippen molar-refractivity contribution in [2.45, 2.75) is 58.9 Å². The minimum atomic E-state index is -0.218. The number of carbonyl (C=O) groups excluding carboxylic acids is 1. The van der Waals surface area contributed by atoms with E-state index in [9.17, 15) is 9.59 Å². The smallest absolute Gasteiger partial charge is 0.267 e. The van der Waals surface area contributed by atoms with Crippen LogP contribution in [0.15, 0.2) is 52.3 Å². The molecule has 1 aliphatic heterocycles. The molecule has 200 valence electrons. The van der Waals surface area contributed by atoms with Crippen molar-refractivity contribution in [3.8, 4) is 5.75 Å². The fourth-order valence-electron chi connectivity index (χ4n) is 4.37. The number of benzene rings is 1. The van der Waals surface area contributed by atoms with Gasteiger partial charge in [-0.25, -0.2) is 4.98 Å². The van der Waals surface area contributed by atoms with Gasteiger partial charge in [-0.1, -0.05) is 81.2 Å². The summed E-state index contributed by atoms with van der Waals surface area (Å²) in [5, 5.41) is 3.38. The Balaban J connectivity index is 1.59. The fraction of sp³-hybridized carbons (Fsp3) is 0.379. The van der Waals surface area contributed by atoms with E-state index in [-0.39, 0.29) is 11.5 Å². The maximum absolute atomic E-state index is 13.6. The second-order valence-corrected chi connectivity index (χ2v) is 11.1. The van der Waals surface area contributed by atoms with Gasteiger partial charge in [0, 0.05) is 12.7 Å². The molecule has 3 heterocycles. The van der Waals surface area contributed by atoms with Gasteiger partial charge in [0.1, 0.15) is 21.5 Å². The molecule has 0 spiro atoms. The van der Waals surface area contributed by atoms with Crippen molar-refractivity contribution < 1.29 is 9.53 Å². The molecule has 0 radical (unpaired) electrons. The molecule has 1 saturated heterocycles. The first-order chi connectivity index (χ1) is 18.4. The van der Waals surface area contributed by atoms with E-state index in [0.717, 1.165) is 29.7 Å². The molecule has 1 N–H and O–H groups in total. The number of carbonyl (C=O) groups is 1. The quantitative estimate of drug-likeness (QED) is 0.164. The number of ether oxygens (including phenoxy) is 1. The Labute approximate surface area is 233 Å². The minimum Gasteiger partial charge on any atom is -0.497 e. The molecule has 4 rings (SSSR count). The number of anilines is 1. The Morgan fingerprint density at radius 2 is 1.82 bits per heavy atom. The molecular weight excluding hydrogens is 516 g/mol. The lowest BCUT2D eigenvalue weighted by molar-refractivity contribution is -0.122. The lowest BCUT2D eigenvalue weighted by Crippen LogP contribution is -2.27. The summed E-state index contributed by atoms with van der Waals surface area (Å²) in [6, 6.07) is 11.3. The van der Waals surface area contributed by atoms with E-state index in [1.54, 1.807) is 24.3 Å². The molecule has 1 aromatic carbocycles. The van der Waals surface area contributed by atoms with Crippen molar-refractivity contribution in [1.82, 2.24) is 14.3 Å². The SMILES string of the molecule is CCCCCCCCNc1nc2c(C)cccn2c(=O)c1/C=C1/SC(=S)N(Cc2ccc(OC)cc2)C1=O. The van der Waals surface area contributed by atoms with E-state index in [0.29, 0.717) is 39.3 Å². The summed E-state index contributed by atoms with van der Waals surface area (Å²) in [5.41, 5.74) is 2.60. The third kappa shape index (κ3) is 6.45. The normalized spacial score (nSPS) is 14.6. The number of thiocarbonyl (C=S) groups is 1. The van der Waals surface area contributed by atoms with Crippen LogP contribution in [0.25, 0.3) is 11.7 Å². The van der Waals surface area contributed by atoms with E-state index < -0.39 is 0 Å². The fourth-order valence-corrected chi connectivity index (χ4v) is 5.61. The molecule has 1 amide bonds. The van der Waals surface area contributed by atoms with Gasteiger partial charge in [0.05, 0.1) is 24.1 Å². The second kappa shape index (κ2) is 13.1. The van der Waals surface area contributed by atoms with Crippen molar-refractivity contribution in [1.29, 1.82) is 0 Å². The van der Waals surface area contributed by atoms with Crippen LogP contribution in [0.5, 0.6) is 5.75 Å². The summed E-state index contributed by atoms with van der Waals surface area (Å²) in [6.45, 7) is 5.20. The zero-order valence-electron chi connectivity index (χ0n) is 22.2. The molecule has 9 heteroatoms. The number of amides is 1. The Hall–Kier alpha value is -3.17. The number of hydrogen-bond acceptors (Lipinski definition) is 7. The monoisotopic (exact) mass is 550 g/mol. The maximum atomic E-state index is 13.6. The largest absolute Gasteiger partial charge is 0.497 e. The number of fused-ring (bicyclic) bond motifs is 1. The molecule has 7 nitrogen and oxygen atoms in total. The van der Waals surface area contributed by atoms with E-state index in [1.165, 1.54) is 41.8 Å². The lowest BCUT2D eigenvalue weighted by atomic mass is 10.1. The van der Waals surface area contributed by atoms with Crippen molar-refractivity contribution in [3.05, 3.63) is 74.5 Å². The number of rotatable bonds is 12. The van der Waals surface area contributed by atoms with Crippen molar-refractivity contribution in [3.63, 3.8) is 0 Å². The first kappa shape index (κ1) is 27.9. The first-order valence-corrected chi connectivity index (χ1v) is 14.3. The molecule has 1 fully saturated rings. The summed E-state index contributed by atoms with van der Waals surface area (Å²) >= 11 is 6.75. The standard InChI is InChI=1S/C29H34N4O3S2/c1-4-5-6-7-8-9-16-30-25-23(27(34)32-17-10-11-20(2)26(32)31-25)18-24-28(35)33(29(37)38-24)19-21-12-14-22(36-3)15-13-21/h10-15,17-18,30H,4-9,16,19H2,1-3H3/b24-18+. The summed E-state index contributed by atoms with van der Waals surface area (Å²) in [6.07, 6.45) is 10.4. The Morgan fingerprint density at radius 3 is 2.55 bits per heavy atom. The van der Waals surface area contributed by atoms with Gasteiger partial charge in [-0.15, -0.1) is 0 Å². The molecule has 0 unspecified atom stereocenters. The van der Waals surface area contributed by atoms with Crippen molar-refractivity contribution in [2.24, 2.45) is 0 Å². The van der Waals surface area contributed by atoms with E-state index >= 15 is 0 Å². The van der Waals surface area contributed by atoms with Gasteiger partial charge in [0.2, 0.25) is 0 Å². The minimum absolute atomic E-state index is 0.216. The van der Waals surface area contributed by atoms with E-state index in [4.69, 9.17) is 21.9 Å². The predicted octanol–water partition coefficient (Wildman–Crippen LogP) is 6.19. The van der Waals surface area contributed by atoms with Gasteiger partial charge < -0.3 is 10.1 Å². The third-order valence-electron chi connectivity index (χ3n) is 6.56. The highest BCUT2D eigenvalue weighted by Gasteiger charge is 2.32. The molecular formula is C29H34N4O3S2. The first-order valence-electron chi connectivity index (χ1n) is 13.1. The predicted molar refractivity (Wildman–Crippen MR) is 160 cm³/mol. The zero-order valence-corrected chi connectivity index (χ0v) is 23.8. The highest BCUT2D eigenvalue weighted by Crippen LogP contribution is 2.34. The number of nitrogens with one attached hydrogen (secondary N) is 1. The van der Waals surface area contributed by atoms with Crippen LogP contribution in [-0.2, 0) is 11.3 Å². The summed E-state index contributed by atoms with van der Waals surface area (Å²) in [5.74, 6) is 1.03. The maximum Gasteiger partial charge on any atom is 0.267 e. The topological polar surface area (TPSA) is 75.9 Å². The van der Waals surface area contributed by atoms with Crippen LogP contribution >= 0.6 is 24.0 Å². The average molecular weight is 551 g/mol. The molecule has 0 atom stereocenters. The average Bonchev–Trinajstić information content (AvgIpc) is 3.18. The van der Waals surface area contributed by atoms with Gasteiger partial charge >= 0.3 is 0 Å².